The molecule has 6 heteroatoms. The molecule has 0 saturated carbocycles. The van der Waals surface area contributed by atoms with Gasteiger partial charge in [0, 0.05) is 13.1 Å². The zero-order valence-electron chi connectivity index (χ0n) is 12.1. The number of rotatable bonds is 5. The highest BCUT2D eigenvalue weighted by Crippen LogP contribution is 2.33. The van der Waals surface area contributed by atoms with Crippen LogP contribution in [0.15, 0.2) is 42.5 Å². The van der Waals surface area contributed by atoms with Gasteiger partial charge in [-0.2, -0.15) is 0 Å². The van der Waals surface area contributed by atoms with E-state index in [1.54, 1.807) is 12.1 Å². The minimum atomic E-state index is 0.569. The lowest BCUT2D eigenvalue weighted by Gasteiger charge is -2.12. The maximum absolute atomic E-state index is 6.24. The van der Waals surface area contributed by atoms with Crippen molar-refractivity contribution in [1.82, 2.24) is 14.9 Å². The number of likely N-dealkylation sites (N-methyl/N-ethyl adjacent to an activating group) is 1. The van der Waals surface area contributed by atoms with Crippen molar-refractivity contribution in [3.8, 4) is 0 Å². The molecular formula is C16H16Cl2N4. The van der Waals surface area contributed by atoms with Crippen molar-refractivity contribution in [3.63, 3.8) is 0 Å². The van der Waals surface area contributed by atoms with Crippen LogP contribution in [0.2, 0.25) is 10.0 Å². The Hall–Kier alpha value is -1.75. The van der Waals surface area contributed by atoms with Crippen molar-refractivity contribution < 1.29 is 0 Å². The molecule has 3 rings (SSSR count). The average molecular weight is 335 g/mol. The molecule has 0 spiro atoms. The fraction of sp³-hybridized carbons (Fsp3) is 0.188. The van der Waals surface area contributed by atoms with Gasteiger partial charge in [0.2, 0.25) is 5.95 Å². The summed E-state index contributed by atoms with van der Waals surface area (Å²) in [7, 11) is 1.93. The molecule has 2 N–H and O–H groups in total. The molecule has 0 fully saturated rings. The molecule has 0 radical (unpaired) electrons. The van der Waals surface area contributed by atoms with E-state index >= 15 is 0 Å². The molecule has 0 amide bonds. The summed E-state index contributed by atoms with van der Waals surface area (Å²) < 4.78 is 2.12. The molecule has 0 saturated heterocycles. The number of benzene rings is 2. The molecule has 0 aliphatic carbocycles. The first kappa shape index (κ1) is 15.2. The number of nitrogens with one attached hydrogen (secondary N) is 2. The largest absolute Gasteiger partial charge is 0.323 e. The number of halogens is 2. The van der Waals surface area contributed by atoms with Crippen molar-refractivity contribution in [2.45, 2.75) is 6.54 Å². The van der Waals surface area contributed by atoms with Gasteiger partial charge in [-0.25, -0.2) is 4.98 Å². The lowest BCUT2D eigenvalue weighted by molar-refractivity contribution is 0.664. The van der Waals surface area contributed by atoms with Gasteiger partial charge in [0.15, 0.2) is 0 Å². The highest BCUT2D eigenvalue weighted by molar-refractivity contribution is 6.39. The molecule has 0 bridgehead atoms. The summed E-state index contributed by atoms with van der Waals surface area (Å²) in [4.78, 5) is 4.65. The first-order chi connectivity index (χ1) is 10.7. The van der Waals surface area contributed by atoms with Crippen LogP contribution in [0.3, 0.4) is 0 Å². The first-order valence-corrected chi connectivity index (χ1v) is 7.77. The second kappa shape index (κ2) is 6.57. The Morgan fingerprint density at radius 2 is 1.77 bits per heavy atom. The topological polar surface area (TPSA) is 41.9 Å². The molecule has 3 aromatic rings. The highest BCUT2D eigenvalue weighted by atomic mass is 35.5. The van der Waals surface area contributed by atoms with Crippen LogP contribution < -0.4 is 10.6 Å². The van der Waals surface area contributed by atoms with E-state index in [1.165, 1.54) is 0 Å². The third-order valence-electron chi connectivity index (χ3n) is 3.44. The Bertz CT molecular complexity index is 778. The molecule has 2 aromatic carbocycles. The number of imidazole rings is 1. The predicted octanol–water partition coefficient (Wildman–Crippen LogP) is 4.31. The Kier molecular flexibility index (Phi) is 4.52. The van der Waals surface area contributed by atoms with Gasteiger partial charge < -0.3 is 15.2 Å². The van der Waals surface area contributed by atoms with Crippen LogP contribution in [-0.2, 0) is 6.54 Å². The number of hydrogen-bond donors (Lipinski definition) is 2. The number of nitrogens with zero attached hydrogens (tertiary/aromatic N) is 2. The Morgan fingerprint density at radius 1 is 1.05 bits per heavy atom. The minimum absolute atomic E-state index is 0.569. The van der Waals surface area contributed by atoms with E-state index in [9.17, 15) is 0 Å². The maximum Gasteiger partial charge on any atom is 0.208 e. The average Bonchev–Trinajstić information content (AvgIpc) is 2.86. The fourth-order valence-corrected chi connectivity index (χ4v) is 2.84. The van der Waals surface area contributed by atoms with Gasteiger partial charge in [-0.15, -0.1) is 0 Å². The van der Waals surface area contributed by atoms with Crippen LogP contribution in [0, 0.1) is 0 Å². The van der Waals surface area contributed by atoms with E-state index in [-0.39, 0.29) is 0 Å². The fourth-order valence-electron chi connectivity index (χ4n) is 2.35. The lowest BCUT2D eigenvalue weighted by atomic mass is 10.3. The molecule has 0 aliphatic heterocycles. The first-order valence-electron chi connectivity index (χ1n) is 7.01. The normalized spacial score (nSPS) is 11.0. The molecular weight excluding hydrogens is 319 g/mol. The minimum Gasteiger partial charge on any atom is -0.323 e. The lowest BCUT2D eigenvalue weighted by Crippen LogP contribution is -2.16. The second-order valence-corrected chi connectivity index (χ2v) is 5.72. The molecule has 22 heavy (non-hydrogen) atoms. The van der Waals surface area contributed by atoms with E-state index in [2.05, 4.69) is 26.3 Å². The summed E-state index contributed by atoms with van der Waals surface area (Å²) in [6, 6.07) is 13.4. The Balaban J connectivity index is 2.06. The van der Waals surface area contributed by atoms with Crippen LogP contribution >= 0.6 is 23.2 Å². The molecule has 1 heterocycles. The summed E-state index contributed by atoms with van der Waals surface area (Å²) in [5.74, 6) is 0.728. The number of anilines is 2. The van der Waals surface area contributed by atoms with Crippen molar-refractivity contribution in [3.05, 3.63) is 52.5 Å². The summed E-state index contributed by atoms with van der Waals surface area (Å²) in [6.45, 7) is 1.63. The van der Waals surface area contributed by atoms with Crippen molar-refractivity contribution in [2.75, 3.05) is 18.9 Å². The van der Waals surface area contributed by atoms with Crippen molar-refractivity contribution in [2.24, 2.45) is 0 Å². The van der Waals surface area contributed by atoms with E-state index in [1.807, 2.05) is 31.3 Å². The highest BCUT2D eigenvalue weighted by Gasteiger charge is 2.13. The SMILES string of the molecule is CNCCn1c(Nc2c(Cl)cccc2Cl)nc2ccccc21. The molecule has 114 valence electrons. The van der Waals surface area contributed by atoms with Crippen molar-refractivity contribution >= 4 is 45.9 Å². The zero-order chi connectivity index (χ0) is 15.5. The summed E-state index contributed by atoms with van der Waals surface area (Å²) in [5.41, 5.74) is 2.68. The van der Waals surface area contributed by atoms with Gasteiger partial charge in [0.25, 0.3) is 0 Å². The van der Waals surface area contributed by atoms with Gasteiger partial charge in [-0.3, -0.25) is 0 Å². The molecule has 4 nitrogen and oxygen atoms in total. The standard InChI is InChI=1S/C16H16Cl2N4/c1-19-9-10-22-14-8-3-2-7-13(14)20-16(22)21-15-11(17)5-4-6-12(15)18/h2-8,19H,9-10H2,1H3,(H,20,21). The number of fused-ring (bicyclic) bond motifs is 1. The second-order valence-electron chi connectivity index (χ2n) is 4.90. The smallest absolute Gasteiger partial charge is 0.208 e. The van der Waals surface area contributed by atoms with Crippen LogP contribution in [-0.4, -0.2) is 23.1 Å². The van der Waals surface area contributed by atoms with Crippen LogP contribution in [0.25, 0.3) is 11.0 Å². The van der Waals surface area contributed by atoms with E-state index < -0.39 is 0 Å². The van der Waals surface area contributed by atoms with Crippen LogP contribution in [0.4, 0.5) is 11.6 Å². The third-order valence-corrected chi connectivity index (χ3v) is 4.07. The van der Waals surface area contributed by atoms with E-state index in [4.69, 9.17) is 23.2 Å². The van der Waals surface area contributed by atoms with E-state index in [0.29, 0.717) is 15.7 Å². The molecule has 0 aliphatic rings. The number of para-hydroxylation sites is 3. The van der Waals surface area contributed by atoms with Gasteiger partial charge in [0.1, 0.15) is 0 Å². The monoisotopic (exact) mass is 334 g/mol. The Labute approximate surface area is 139 Å². The van der Waals surface area contributed by atoms with Crippen LogP contribution in [0.5, 0.6) is 0 Å². The van der Waals surface area contributed by atoms with Gasteiger partial charge in [-0.1, -0.05) is 41.4 Å². The summed E-state index contributed by atoms with van der Waals surface area (Å²) in [6.07, 6.45) is 0. The third kappa shape index (κ3) is 2.90. The van der Waals surface area contributed by atoms with Gasteiger partial charge >= 0.3 is 0 Å². The van der Waals surface area contributed by atoms with Gasteiger partial charge in [-0.05, 0) is 31.3 Å². The molecule has 1 aromatic heterocycles. The molecule has 0 atom stereocenters. The summed E-state index contributed by atoms with van der Waals surface area (Å²) in [5, 5.41) is 7.56. The van der Waals surface area contributed by atoms with Gasteiger partial charge in [0.05, 0.1) is 26.8 Å². The number of hydrogen-bond acceptors (Lipinski definition) is 3. The Morgan fingerprint density at radius 3 is 2.50 bits per heavy atom. The molecule has 0 unspecified atom stereocenters. The van der Waals surface area contributed by atoms with Crippen LogP contribution in [0.1, 0.15) is 0 Å². The quantitative estimate of drug-likeness (QED) is 0.730. The predicted molar refractivity (Wildman–Crippen MR) is 93.4 cm³/mol. The zero-order valence-corrected chi connectivity index (χ0v) is 13.6. The number of aromatic nitrogens is 2. The summed E-state index contributed by atoms with van der Waals surface area (Å²) >= 11 is 12.5. The van der Waals surface area contributed by atoms with Crippen molar-refractivity contribution in [1.29, 1.82) is 0 Å². The van der Waals surface area contributed by atoms with E-state index in [0.717, 1.165) is 30.1 Å². The maximum atomic E-state index is 6.24.